The van der Waals surface area contributed by atoms with Gasteiger partial charge in [0.1, 0.15) is 0 Å². The summed E-state index contributed by atoms with van der Waals surface area (Å²) in [6.45, 7) is 11.0. The molecule has 0 aliphatic carbocycles. The molecule has 0 bridgehead atoms. The van der Waals surface area contributed by atoms with E-state index in [9.17, 15) is 0 Å². The third kappa shape index (κ3) is 21.8. The van der Waals surface area contributed by atoms with E-state index in [0.29, 0.717) is 52.9 Å². The van der Waals surface area contributed by atoms with E-state index < -0.39 is 0 Å². The van der Waals surface area contributed by atoms with Gasteiger partial charge in [-0.2, -0.15) is 0 Å². The van der Waals surface area contributed by atoms with E-state index in [1.165, 1.54) is 32.1 Å². The van der Waals surface area contributed by atoms with Gasteiger partial charge >= 0.3 is 0 Å². The van der Waals surface area contributed by atoms with Crippen LogP contribution in [0.25, 0.3) is 0 Å². The van der Waals surface area contributed by atoms with Gasteiger partial charge in [0.2, 0.25) is 0 Å². The van der Waals surface area contributed by atoms with Crippen LogP contribution in [0.4, 0.5) is 0 Å². The summed E-state index contributed by atoms with van der Waals surface area (Å²) in [5, 5.41) is 0. The van der Waals surface area contributed by atoms with Crippen LogP contribution in [-0.4, -0.2) is 66.1 Å². The average molecular weight is 349 g/mol. The Bertz CT molecular complexity index is 192. The molecule has 0 saturated carbocycles. The van der Waals surface area contributed by atoms with Gasteiger partial charge in [-0.1, -0.05) is 46.0 Å². The summed E-state index contributed by atoms with van der Waals surface area (Å²) in [7, 11) is 0. The number of ether oxygens (including phenoxy) is 5. The van der Waals surface area contributed by atoms with E-state index in [1.807, 2.05) is 0 Å². The van der Waals surface area contributed by atoms with Gasteiger partial charge in [0, 0.05) is 13.2 Å². The van der Waals surface area contributed by atoms with E-state index in [-0.39, 0.29) is 0 Å². The smallest absolute Gasteiger partial charge is 0.0701 e. The number of unbranched alkanes of at least 4 members (excludes halogenated alkanes) is 5. The van der Waals surface area contributed by atoms with Crippen molar-refractivity contribution in [2.24, 2.45) is 0 Å². The predicted molar refractivity (Wildman–Crippen MR) is 97.8 cm³/mol. The predicted octanol–water partition coefficient (Wildman–Crippen LogP) is 3.84. The molecule has 146 valence electrons. The van der Waals surface area contributed by atoms with Gasteiger partial charge in [-0.25, -0.2) is 0 Å². The van der Waals surface area contributed by atoms with Crippen molar-refractivity contribution in [1.29, 1.82) is 0 Å². The van der Waals surface area contributed by atoms with Crippen LogP contribution >= 0.6 is 0 Å². The Hall–Kier alpha value is -0.200. The molecule has 0 fully saturated rings. The molecule has 0 N–H and O–H groups in total. The maximum absolute atomic E-state index is 5.54. The Morgan fingerprint density at radius 1 is 0.333 bits per heavy atom. The highest BCUT2D eigenvalue weighted by atomic mass is 16.6. The lowest BCUT2D eigenvalue weighted by molar-refractivity contribution is -0.0111. The fourth-order valence-corrected chi connectivity index (χ4v) is 2.11. The van der Waals surface area contributed by atoms with Gasteiger partial charge in [-0.3, -0.25) is 0 Å². The van der Waals surface area contributed by atoms with Crippen molar-refractivity contribution in [3.8, 4) is 0 Å². The van der Waals surface area contributed by atoms with Crippen molar-refractivity contribution in [3.63, 3.8) is 0 Å². The van der Waals surface area contributed by atoms with E-state index in [4.69, 9.17) is 23.7 Å². The van der Waals surface area contributed by atoms with E-state index in [0.717, 1.165) is 26.1 Å². The molecule has 0 aromatic heterocycles. The SMILES string of the molecule is CCCCCCCCOCCOCCOCCOCCOCCC. The Balaban J connectivity index is 2.93. The molecule has 0 atom stereocenters. The van der Waals surface area contributed by atoms with E-state index >= 15 is 0 Å². The van der Waals surface area contributed by atoms with Gasteiger partial charge in [-0.05, 0) is 12.8 Å². The van der Waals surface area contributed by atoms with Crippen molar-refractivity contribution in [3.05, 3.63) is 0 Å². The van der Waals surface area contributed by atoms with Crippen molar-refractivity contribution >= 4 is 0 Å². The molecule has 5 heteroatoms. The largest absolute Gasteiger partial charge is 0.379 e. The van der Waals surface area contributed by atoms with Crippen molar-refractivity contribution in [2.75, 3.05) is 66.1 Å². The Morgan fingerprint density at radius 2 is 0.708 bits per heavy atom. The number of hydrogen-bond donors (Lipinski definition) is 0. The molecule has 0 aromatic carbocycles. The van der Waals surface area contributed by atoms with E-state index in [2.05, 4.69) is 13.8 Å². The van der Waals surface area contributed by atoms with Crippen LogP contribution in [-0.2, 0) is 23.7 Å². The Morgan fingerprint density at radius 3 is 1.17 bits per heavy atom. The average Bonchev–Trinajstić information content (AvgIpc) is 2.60. The lowest BCUT2D eigenvalue weighted by Crippen LogP contribution is -2.13. The molecule has 0 radical (unpaired) electrons. The molecular weight excluding hydrogens is 308 g/mol. The van der Waals surface area contributed by atoms with Gasteiger partial charge in [0.15, 0.2) is 0 Å². The molecule has 0 rings (SSSR count). The highest BCUT2D eigenvalue weighted by Crippen LogP contribution is 2.04. The first-order chi connectivity index (χ1) is 11.9. The first-order valence-corrected chi connectivity index (χ1v) is 9.80. The van der Waals surface area contributed by atoms with Crippen LogP contribution in [0, 0.1) is 0 Å². The van der Waals surface area contributed by atoms with Gasteiger partial charge in [-0.15, -0.1) is 0 Å². The van der Waals surface area contributed by atoms with Crippen molar-refractivity contribution < 1.29 is 23.7 Å². The highest BCUT2D eigenvalue weighted by molar-refractivity contribution is 4.43. The monoisotopic (exact) mass is 348 g/mol. The second-order valence-corrected chi connectivity index (χ2v) is 5.83. The summed E-state index contributed by atoms with van der Waals surface area (Å²) in [6.07, 6.45) is 8.84. The molecule has 0 saturated heterocycles. The summed E-state index contributed by atoms with van der Waals surface area (Å²) in [4.78, 5) is 0. The van der Waals surface area contributed by atoms with Crippen LogP contribution < -0.4 is 0 Å². The fourth-order valence-electron chi connectivity index (χ4n) is 2.11. The zero-order chi connectivity index (χ0) is 17.6. The topological polar surface area (TPSA) is 46.2 Å². The summed E-state index contributed by atoms with van der Waals surface area (Å²) in [5.41, 5.74) is 0. The third-order valence-corrected chi connectivity index (χ3v) is 3.48. The molecule has 0 unspecified atom stereocenters. The van der Waals surface area contributed by atoms with Crippen LogP contribution in [0.15, 0.2) is 0 Å². The van der Waals surface area contributed by atoms with Gasteiger partial charge in [0.05, 0.1) is 52.9 Å². The Kier molecular flexibility index (Phi) is 22.6. The molecule has 0 amide bonds. The van der Waals surface area contributed by atoms with E-state index in [1.54, 1.807) is 0 Å². The molecule has 5 nitrogen and oxygen atoms in total. The molecular formula is C19H40O5. The number of rotatable bonds is 21. The van der Waals surface area contributed by atoms with Crippen LogP contribution in [0.3, 0.4) is 0 Å². The fraction of sp³-hybridized carbons (Fsp3) is 1.00. The minimum atomic E-state index is 0.603. The molecule has 0 aliphatic heterocycles. The Labute approximate surface area is 149 Å². The van der Waals surface area contributed by atoms with Crippen LogP contribution in [0.2, 0.25) is 0 Å². The summed E-state index contributed by atoms with van der Waals surface area (Å²) in [5.74, 6) is 0. The molecule has 0 heterocycles. The summed E-state index contributed by atoms with van der Waals surface area (Å²) < 4.78 is 27.1. The quantitative estimate of drug-likeness (QED) is 0.295. The normalized spacial score (nSPS) is 11.2. The zero-order valence-electron chi connectivity index (χ0n) is 16.1. The summed E-state index contributed by atoms with van der Waals surface area (Å²) >= 11 is 0. The molecule has 0 aliphatic rings. The van der Waals surface area contributed by atoms with Crippen LogP contribution in [0.5, 0.6) is 0 Å². The maximum Gasteiger partial charge on any atom is 0.0701 e. The number of hydrogen-bond acceptors (Lipinski definition) is 5. The molecule has 0 spiro atoms. The minimum absolute atomic E-state index is 0.603. The molecule has 24 heavy (non-hydrogen) atoms. The minimum Gasteiger partial charge on any atom is -0.379 e. The first-order valence-electron chi connectivity index (χ1n) is 9.80. The van der Waals surface area contributed by atoms with Gasteiger partial charge in [0.25, 0.3) is 0 Å². The second kappa shape index (κ2) is 22.8. The zero-order valence-corrected chi connectivity index (χ0v) is 16.1. The summed E-state index contributed by atoms with van der Waals surface area (Å²) in [6, 6.07) is 0. The van der Waals surface area contributed by atoms with Crippen LogP contribution in [0.1, 0.15) is 58.8 Å². The molecule has 0 aromatic rings. The first kappa shape index (κ1) is 23.8. The third-order valence-electron chi connectivity index (χ3n) is 3.48. The van der Waals surface area contributed by atoms with Crippen molar-refractivity contribution in [1.82, 2.24) is 0 Å². The van der Waals surface area contributed by atoms with Crippen molar-refractivity contribution in [2.45, 2.75) is 58.8 Å². The van der Waals surface area contributed by atoms with Gasteiger partial charge < -0.3 is 23.7 Å². The maximum atomic E-state index is 5.54. The lowest BCUT2D eigenvalue weighted by atomic mass is 10.1. The lowest BCUT2D eigenvalue weighted by Gasteiger charge is -2.07. The second-order valence-electron chi connectivity index (χ2n) is 5.83. The highest BCUT2D eigenvalue weighted by Gasteiger charge is 1.94. The standard InChI is InChI=1S/C19H40O5/c1-3-5-6-7-8-9-11-21-13-15-23-17-19-24-18-16-22-14-12-20-10-4-2/h3-19H2,1-2H3.